The van der Waals surface area contributed by atoms with Crippen LogP contribution in [0, 0.1) is 0 Å². The van der Waals surface area contributed by atoms with Crippen molar-refractivity contribution in [2.45, 2.75) is 213 Å². The van der Waals surface area contributed by atoms with Crippen molar-refractivity contribution in [1.82, 2.24) is 0 Å². The highest BCUT2D eigenvalue weighted by atomic mass is 31.2. The number of aliphatic hydroxyl groups is 1. The molecule has 0 saturated carbocycles. The summed E-state index contributed by atoms with van der Waals surface area (Å²) in [6, 6.07) is 0. The molecule has 0 rings (SSSR count). The molecular weight excluding hydrogens is 976 g/mol. The molecule has 0 aliphatic rings. The molecule has 0 saturated heterocycles. The van der Waals surface area contributed by atoms with Gasteiger partial charge < -0.3 is 24.2 Å². The van der Waals surface area contributed by atoms with Crippen molar-refractivity contribution in [2.75, 3.05) is 26.4 Å². The fraction of sp³-hybridized carbons (Fsp3) is 0.578. The van der Waals surface area contributed by atoms with E-state index in [2.05, 4.69) is 167 Å². The number of ether oxygens (including phenoxy) is 3. The molecule has 0 fully saturated rings. The van der Waals surface area contributed by atoms with E-state index in [1.807, 2.05) is 0 Å². The van der Waals surface area contributed by atoms with Crippen LogP contribution in [0.2, 0.25) is 0 Å². The third-order valence-corrected chi connectivity index (χ3v) is 12.2. The molecule has 428 valence electrons. The number of unbranched alkanes of at least 4 members (excludes halogenated alkanes) is 10. The molecule has 0 heterocycles. The van der Waals surface area contributed by atoms with Crippen LogP contribution in [0.25, 0.3) is 0 Å². The van der Waals surface area contributed by atoms with Crippen LogP contribution in [-0.2, 0) is 42.2 Å². The highest BCUT2D eigenvalue weighted by molar-refractivity contribution is 7.47. The molecule has 11 nitrogen and oxygen atoms in total. The first-order valence-corrected chi connectivity index (χ1v) is 30.2. The van der Waals surface area contributed by atoms with Gasteiger partial charge in [-0.2, -0.15) is 0 Å². The summed E-state index contributed by atoms with van der Waals surface area (Å²) in [6.07, 6.45) is 72.4. The summed E-state index contributed by atoms with van der Waals surface area (Å²) in [5, 5.41) is 9.81. The number of hydrogen-bond donors (Lipinski definition) is 2. The number of phosphoric acid groups is 1. The minimum absolute atomic E-state index is 0.112. The van der Waals surface area contributed by atoms with Gasteiger partial charge in [-0.25, -0.2) is 4.57 Å². The Morgan fingerprint density at radius 3 is 1.03 bits per heavy atom. The molecule has 0 aliphatic heterocycles. The lowest BCUT2D eigenvalue weighted by Gasteiger charge is -2.21. The third kappa shape index (κ3) is 54.2. The smallest absolute Gasteiger partial charge is 0.462 e. The van der Waals surface area contributed by atoms with Crippen LogP contribution in [0.1, 0.15) is 201 Å². The highest BCUT2D eigenvalue weighted by Gasteiger charge is 2.28. The van der Waals surface area contributed by atoms with E-state index in [0.29, 0.717) is 19.3 Å². The molecule has 0 radical (unpaired) electrons. The highest BCUT2D eigenvalue weighted by Crippen LogP contribution is 2.43. The minimum Gasteiger partial charge on any atom is -0.462 e. The molecule has 3 unspecified atom stereocenters. The van der Waals surface area contributed by atoms with Crippen molar-refractivity contribution >= 4 is 25.7 Å². The summed E-state index contributed by atoms with van der Waals surface area (Å²) in [5.41, 5.74) is 0. The maximum absolute atomic E-state index is 12.9. The first kappa shape index (κ1) is 71.4. The fourth-order valence-corrected chi connectivity index (χ4v) is 7.76. The molecule has 0 aliphatic carbocycles. The van der Waals surface area contributed by atoms with Gasteiger partial charge in [0.15, 0.2) is 6.10 Å². The fourth-order valence-electron chi connectivity index (χ4n) is 6.97. The van der Waals surface area contributed by atoms with Crippen LogP contribution in [0.3, 0.4) is 0 Å². The van der Waals surface area contributed by atoms with Gasteiger partial charge in [0.05, 0.1) is 19.8 Å². The number of allylic oxidation sites excluding steroid dienone is 24. The SMILES string of the molecule is CC/C=C\C/C=C\C/C=C\C/C=C\C/C=C\CCCCCC(=O)OC(COC(=O)CCCCCCC/C=C\C/C=C\C/C=C\CC)COP(=O)(O)OCC(CO)OC(=O)CCCC/C=C\C/C=C\C/C=C\C/C=C\CC. The molecular formula is C64H101O11P. The predicted molar refractivity (Wildman–Crippen MR) is 316 cm³/mol. The number of hydrogen-bond acceptors (Lipinski definition) is 10. The second-order valence-corrected chi connectivity index (χ2v) is 19.8. The second-order valence-electron chi connectivity index (χ2n) is 18.3. The van der Waals surface area contributed by atoms with Gasteiger partial charge in [-0.3, -0.25) is 23.4 Å². The summed E-state index contributed by atoms with van der Waals surface area (Å²) in [7, 11) is -4.78. The molecule has 3 atom stereocenters. The summed E-state index contributed by atoms with van der Waals surface area (Å²) in [6.45, 7) is 4.17. The van der Waals surface area contributed by atoms with E-state index in [9.17, 15) is 28.9 Å². The van der Waals surface area contributed by atoms with Crippen molar-refractivity contribution in [3.05, 3.63) is 146 Å². The van der Waals surface area contributed by atoms with E-state index in [-0.39, 0.29) is 25.9 Å². The quantitative estimate of drug-likeness (QED) is 0.0197. The van der Waals surface area contributed by atoms with Crippen LogP contribution >= 0.6 is 7.82 Å². The molecule has 0 aromatic heterocycles. The largest absolute Gasteiger partial charge is 0.472 e. The zero-order chi connectivity index (χ0) is 55.5. The van der Waals surface area contributed by atoms with Gasteiger partial charge in [-0.05, 0) is 135 Å². The zero-order valence-electron chi connectivity index (χ0n) is 47.2. The Morgan fingerprint density at radius 1 is 0.368 bits per heavy atom. The van der Waals surface area contributed by atoms with Crippen molar-refractivity contribution in [3.63, 3.8) is 0 Å². The van der Waals surface area contributed by atoms with Gasteiger partial charge in [0.25, 0.3) is 0 Å². The van der Waals surface area contributed by atoms with Crippen molar-refractivity contribution in [1.29, 1.82) is 0 Å². The number of aliphatic hydroxyl groups excluding tert-OH is 1. The Labute approximate surface area is 461 Å². The van der Waals surface area contributed by atoms with Gasteiger partial charge in [-0.15, -0.1) is 0 Å². The topological polar surface area (TPSA) is 155 Å². The number of carbonyl (C=O) groups excluding carboxylic acids is 3. The molecule has 0 bridgehead atoms. The normalized spacial score (nSPS) is 14.4. The van der Waals surface area contributed by atoms with Gasteiger partial charge in [0.1, 0.15) is 12.7 Å². The molecule has 0 spiro atoms. The van der Waals surface area contributed by atoms with E-state index in [4.69, 9.17) is 23.3 Å². The standard InChI is InChI=1S/C64H101O11P/c1-4-7-10-13-16-19-22-25-28-29-30-31-34-37-40-43-46-49-52-55-64(68)75-61(57-71-62(66)53-50-47-44-41-38-35-32-26-23-20-17-14-11-8-5-2)59-73-76(69,70)72-58-60(56-65)74-63(67)54-51-48-45-42-39-36-33-27-24-21-18-15-12-9-6-3/h7-12,16-21,25-28,30-33,37,39-40,42,60-61,65H,4-6,13-15,22-24,29,34-36,38,41,43-59H2,1-3H3,(H,69,70)/b10-7-,11-8-,12-9-,19-16-,20-17-,21-18-,28-25-,31-30-,32-26-,33-27-,40-37-,42-39-. The summed E-state index contributed by atoms with van der Waals surface area (Å²) in [4.78, 5) is 48.6. The van der Waals surface area contributed by atoms with E-state index < -0.39 is 57.8 Å². The third-order valence-electron chi connectivity index (χ3n) is 11.2. The van der Waals surface area contributed by atoms with E-state index >= 15 is 0 Å². The van der Waals surface area contributed by atoms with Gasteiger partial charge in [-0.1, -0.05) is 192 Å². The summed E-state index contributed by atoms with van der Waals surface area (Å²) in [5.74, 6) is -1.59. The van der Waals surface area contributed by atoms with Gasteiger partial charge in [0.2, 0.25) is 0 Å². The molecule has 2 N–H and O–H groups in total. The van der Waals surface area contributed by atoms with Gasteiger partial charge in [0, 0.05) is 19.3 Å². The minimum atomic E-state index is -4.78. The van der Waals surface area contributed by atoms with Crippen molar-refractivity contribution < 1.29 is 52.2 Å². The Balaban J connectivity index is 4.88. The Bertz CT molecular complexity index is 1830. The van der Waals surface area contributed by atoms with Crippen LogP contribution in [0.15, 0.2) is 146 Å². The van der Waals surface area contributed by atoms with Crippen LogP contribution < -0.4 is 0 Å². The Kier molecular flexibility index (Phi) is 53.1. The molecule has 12 heteroatoms. The number of carbonyl (C=O) groups is 3. The Hall–Kier alpha value is -4.64. The molecule has 0 amide bonds. The summed E-state index contributed by atoms with van der Waals surface area (Å²) < 4.78 is 39.4. The number of phosphoric ester groups is 1. The molecule has 76 heavy (non-hydrogen) atoms. The lowest BCUT2D eigenvalue weighted by molar-refractivity contribution is -0.161. The summed E-state index contributed by atoms with van der Waals surface area (Å²) >= 11 is 0. The molecule has 0 aromatic carbocycles. The Morgan fingerprint density at radius 2 is 0.645 bits per heavy atom. The number of esters is 3. The van der Waals surface area contributed by atoms with E-state index in [0.717, 1.165) is 141 Å². The molecule has 0 aromatic rings. The first-order chi connectivity index (χ1) is 37.2. The first-order valence-electron chi connectivity index (χ1n) is 28.7. The number of rotatable bonds is 51. The second kappa shape index (κ2) is 56.6. The lowest BCUT2D eigenvalue weighted by atomic mass is 10.1. The monoisotopic (exact) mass is 1080 g/mol. The van der Waals surface area contributed by atoms with E-state index in [1.165, 1.54) is 0 Å². The van der Waals surface area contributed by atoms with Crippen molar-refractivity contribution in [3.8, 4) is 0 Å². The maximum atomic E-state index is 12.9. The van der Waals surface area contributed by atoms with E-state index in [1.54, 1.807) is 0 Å². The van der Waals surface area contributed by atoms with Crippen LogP contribution in [-0.4, -0.2) is 66.5 Å². The predicted octanol–water partition coefficient (Wildman–Crippen LogP) is 17.1. The van der Waals surface area contributed by atoms with Crippen molar-refractivity contribution in [2.24, 2.45) is 0 Å². The van der Waals surface area contributed by atoms with Crippen LogP contribution in [0.5, 0.6) is 0 Å². The maximum Gasteiger partial charge on any atom is 0.472 e. The average Bonchev–Trinajstić information content (AvgIpc) is 3.41. The van der Waals surface area contributed by atoms with Gasteiger partial charge >= 0.3 is 25.7 Å². The van der Waals surface area contributed by atoms with Crippen LogP contribution in [0.4, 0.5) is 0 Å². The lowest BCUT2D eigenvalue weighted by Crippen LogP contribution is -2.30. The zero-order valence-corrected chi connectivity index (χ0v) is 48.0. The average molecular weight is 1080 g/mol.